The topological polar surface area (TPSA) is 70.1 Å². The molecular weight excluding hydrogens is 376 g/mol. The zero-order valence-electron chi connectivity index (χ0n) is 17.1. The predicted molar refractivity (Wildman–Crippen MR) is 118 cm³/mol. The predicted octanol–water partition coefficient (Wildman–Crippen LogP) is 2.89. The average Bonchev–Trinajstić information content (AvgIpc) is 3.51. The fraction of sp³-hybridized carbons (Fsp3) is 0.417. The van der Waals surface area contributed by atoms with E-state index in [0.29, 0.717) is 12.5 Å². The number of piperidine rings is 1. The second-order valence-corrected chi connectivity index (χ2v) is 8.54. The number of H-pyrrole nitrogens is 1. The second-order valence-electron chi connectivity index (χ2n) is 8.54. The highest BCUT2D eigenvalue weighted by molar-refractivity contribution is 5.82. The molecule has 1 aliphatic heterocycles. The van der Waals surface area contributed by atoms with Crippen LogP contribution in [-0.4, -0.2) is 46.5 Å². The molecular formula is C24H28N4O2. The number of rotatable bonds is 6. The number of hydrogen-bond acceptors (Lipinski definition) is 3. The summed E-state index contributed by atoms with van der Waals surface area (Å²) in [6.45, 7) is 3.45. The molecule has 6 nitrogen and oxygen atoms in total. The van der Waals surface area contributed by atoms with Gasteiger partial charge in [-0.1, -0.05) is 42.5 Å². The van der Waals surface area contributed by atoms with Crippen LogP contribution in [0.1, 0.15) is 36.8 Å². The summed E-state index contributed by atoms with van der Waals surface area (Å²) in [5.74, 6) is 0.701. The van der Waals surface area contributed by atoms with E-state index in [9.17, 15) is 9.59 Å². The van der Waals surface area contributed by atoms with Gasteiger partial charge in [0.25, 0.3) is 0 Å². The van der Waals surface area contributed by atoms with Gasteiger partial charge in [0.2, 0.25) is 5.91 Å². The van der Waals surface area contributed by atoms with Gasteiger partial charge in [-0.15, -0.1) is 0 Å². The summed E-state index contributed by atoms with van der Waals surface area (Å²) in [6.07, 6.45) is 2.86. The number of para-hydroxylation sites is 2. The fourth-order valence-electron chi connectivity index (χ4n) is 4.86. The minimum atomic E-state index is -0.0145. The van der Waals surface area contributed by atoms with Gasteiger partial charge in [-0.2, -0.15) is 0 Å². The van der Waals surface area contributed by atoms with Crippen molar-refractivity contribution in [3.63, 3.8) is 0 Å². The Bertz CT molecular complexity index is 1080. The van der Waals surface area contributed by atoms with Crippen LogP contribution in [0.25, 0.3) is 11.0 Å². The monoisotopic (exact) mass is 404 g/mol. The Labute approximate surface area is 175 Å². The van der Waals surface area contributed by atoms with E-state index in [0.717, 1.165) is 49.9 Å². The van der Waals surface area contributed by atoms with Gasteiger partial charge in [0.15, 0.2) is 0 Å². The number of likely N-dealkylation sites (tertiary alicyclic amines) is 1. The third-order valence-corrected chi connectivity index (χ3v) is 6.63. The average molecular weight is 405 g/mol. The lowest BCUT2D eigenvalue weighted by Crippen LogP contribution is -2.41. The van der Waals surface area contributed by atoms with Crippen molar-refractivity contribution < 1.29 is 4.79 Å². The van der Waals surface area contributed by atoms with Gasteiger partial charge >= 0.3 is 5.69 Å². The molecule has 1 amide bonds. The molecule has 2 aliphatic rings. The van der Waals surface area contributed by atoms with Gasteiger partial charge in [-0.05, 0) is 42.9 Å². The number of hydrogen-bond donors (Lipinski definition) is 2. The Morgan fingerprint density at radius 2 is 1.77 bits per heavy atom. The van der Waals surface area contributed by atoms with Crippen molar-refractivity contribution in [2.24, 2.45) is 5.92 Å². The molecule has 2 N–H and O–H groups in total. The third kappa shape index (κ3) is 3.79. The first-order valence-corrected chi connectivity index (χ1v) is 10.9. The van der Waals surface area contributed by atoms with Crippen LogP contribution < -0.4 is 11.0 Å². The van der Waals surface area contributed by atoms with Crippen LogP contribution in [-0.2, 0) is 4.79 Å². The minimum Gasteiger partial charge on any atom is -0.355 e. The summed E-state index contributed by atoms with van der Waals surface area (Å²) in [7, 11) is 0. The van der Waals surface area contributed by atoms with Crippen LogP contribution >= 0.6 is 0 Å². The first kappa shape index (κ1) is 19.1. The van der Waals surface area contributed by atoms with E-state index in [2.05, 4.69) is 27.3 Å². The lowest BCUT2D eigenvalue weighted by atomic mass is 10.0. The molecule has 3 aromatic rings. The molecule has 1 saturated heterocycles. The molecule has 1 aliphatic carbocycles. The normalized spacial score (nSPS) is 22.3. The molecule has 1 unspecified atom stereocenters. The number of carbonyl (C=O) groups excluding carboxylic acids is 1. The van der Waals surface area contributed by atoms with E-state index >= 15 is 0 Å². The second kappa shape index (κ2) is 8.11. The Kier molecular flexibility index (Phi) is 5.17. The van der Waals surface area contributed by atoms with E-state index in [4.69, 9.17) is 0 Å². The Morgan fingerprint density at radius 3 is 2.57 bits per heavy atom. The summed E-state index contributed by atoms with van der Waals surface area (Å²) >= 11 is 0. The van der Waals surface area contributed by atoms with E-state index in [1.54, 1.807) is 0 Å². The summed E-state index contributed by atoms with van der Waals surface area (Å²) in [6, 6.07) is 18.4. The molecule has 1 saturated carbocycles. The highest BCUT2D eigenvalue weighted by Gasteiger charge is 2.43. The van der Waals surface area contributed by atoms with Gasteiger partial charge < -0.3 is 15.2 Å². The van der Waals surface area contributed by atoms with Crippen LogP contribution in [0.3, 0.4) is 0 Å². The number of aromatic amines is 1. The maximum Gasteiger partial charge on any atom is 0.326 e. The van der Waals surface area contributed by atoms with Gasteiger partial charge in [-0.25, -0.2) is 4.79 Å². The standard InChI is InChI=1S/C24H28N4O2/c29-23(20-16-19(20)17-6-2-1-3-7-17)25-12-15-27-13-10-18(11-14-27)28-22-9-5-4-8-21(22)26-24(28)30/h1-9,18-20H,10-16H2,(H,25,29)(H,26,30)/t19-,20?/m0/s1. The number of amides is 1. The van der Waals surface area contributed by atoms with Crippen LogP contribution in [0.2, 0.25) is 0 Å². The molecule has 2 aromatic carbocycles. The largest absolute Gasteiger partial charge is 0.355 e. The van der Waals surface area contributed by atoms with Crippen molar-refractivity contribution in [1.29, 1.82) is 0 Å². The maximum atomic E-state index is 12.4. The number of fused-ring (bicyclic) bond motifs is 1. The number of carbonyl (C=O) groups is 1. The quantitative estimate of drug-likeness (QED) is 0.664. The fourth-order valence-corrected chi connectivity index (χ4v) is 4.86. The molecule has 2 atom stereocenters. The first-order valence-electron chi connectivity index (χ1n) is 10.9. The van der Waals surface area contributed by atoms with E-state index in [-0.39, 0.29) is 23.6 Å². The van der Waals surface area contributed by atoms with E-state index in [1.165, 1.54) is 5.56 Å². The first-order chi connectivity index (χ1) is 14.7. The zero-order chi connectivity index (χ0) is 20.5. The molecule has 30 heavy (non-hydrogen) atoms. The molecule has 1 aromatic heterocycles. The Hall–Kier alpha value is -2.86. The molecule has 2 heterocycles. The van der Waals surface area contributed by atoms with E-state index < -0.39 is 0 Å². The number of imidazole rings is 1. The lowest BCUT2D eigenvalue weighted by molar-refractivity contribution is -0.122. The molecule has 156 valence electrons. The van der Waals surface area contributed by atoms with Crippen molar-refractivity contribution in [2.75, 3.05) is 26.2 Å². The van der Waals surface area contributed by atoms with Crippen molar-refractivity contribution in [2.45, 2.75) is 31.2 Å². The van der Waals surface area contributed by atoms with Crippen molar-refractivity contribution >= 4 is 16.9 Å². The molecule has 0 bridgehead atoms. The number of nitrogens with zero attached hydrogens (tertiary/aromatic N) is 2. The highest BCUT2D eigenvalue weighted by atomic mass is 16.2. The summed E-state index contributed by atoms with van der Waals surface area (Å²) in [4.78, 5) is 30.2. The molecule has 0 radical (unpaired) electrons. The SMILES string of the molecule is O=C(NCCN1CCC(n2c(=O)[nH]c3ccccc32)CC1)C1C[C@H]1c1ccccc1. The van der Waals surface area contributed by atoms with Gasteiger partial charge in [0.05, 0.1) is 11.0 Å². The zero-order valence-corrected chi connectivity index (χ0v) is 17.1. The number of nitrogens with one attached hydrogen (secondary N) is 2. The van der Waals surface area contributed by atoms with Gasteiger partial charge in [0, 0.05) is 38.1 Å². The molecule has 2 fully saturated rings. The third-order valence-electron chi connectivity index (χ3n) is 6.63. The van der Waals surface area contributed by atoms with Crippen molar-refractivity contribution in [1.82, 2.24) is 19.8 Å². The van der Waals surface area contributed by atoms with Gasteiger partial charge in [-0.3, -0.25) is 9.36 Å². The van der Waals surface area contributed by atoms with Gasteiger partial charge in [0.1, 0.15) is 0 Å². The van der Waals surface area contributed by atoms with Crippen molar-refractivity contribution in [3.8, 4) is 0 Å². The smallest absolute Gasteiger partial charge is 0.326 e. The number of aromatic nitrogens is 2. The number of benzene rings is 2. The molecule has 6 heteroatoms. The van der Waals surface area contributed by atoms with Crippen molar-refractivity contribution in [3.05, 3.63) is 70.6 Å². The van der Waals surface area contributed by atoms with Crippen LogP contribution in [0.5, 0.6) is 0 Å². The Balaban J connectivity index is 1.09. The maximum absolute atomic E-state index is 12.4. The van der Waals surface area contributed by atoms with Crippen LogP contribution in [0.15, 0.2) is 59.4 Å². The van der Waals surface area contributed by atoms with Crippen LogP contribution in [0, 0.1) is 5.92 Å². The lowest BCUT2D eigenvalue weighted by Gasteiger charge is -2.32. The molecule has 0 spiro atoms. The Morgan fingerprint density at radius 1 is 1.03 bits per heavy atom. The minimum absolute atomic E-state index is 0.0145. The van der Waals surface area contributed by atoms with Crippen LogP contribution in [0.4, 0.5) is 0 Å². The molecule has 5 rings (SSSR count). The van der Waals surface area contributed by atoms with E-state index in [1.807, 2.05) is 47.0 Å². The summed E-state index contributed by atoms with van der Waals surface area (Å²) in [5.41, 5.74) is 3.15. The highest BCUT2D eigenvalue weighted by Crippen LogP contribution is 2.47. The summed E-state index contributed by atoms with van der Waals surface area (Å²) < 4.78 is 1.92. The summed E-state index contributed by atoms with van der Waals surface area (Å²) in [5, 5.41) is 3.12.